The van der Waals surface area contributed by atoms with Gasteiger partial charge in [-0.15, -0.1) is 10.2 Å². The first kappa shape index (κ1) is 17.4. The Hall–Kier alpha value is -1.99. The van der Waals surface area contributed by atoms with Gasteiger partial charge in [-0.05, 0) is 43.1 Å². The topological polar surface area (TPSA) is 46.4 Å². The van der Waals surface area contributed by atoms with Crippen LogP contribution in [0.1, 0.15) is 42.9 Å². The molecule has 1 aromatic carbocycles. The molecule has 0 amide bonds. The Bertz CT molecular complexity index is 792. The third-order valence-corrected chi connectivity index (χ3v) is 5.68. The molecular formula is C19H26FN5O. The van der Waals surface area contributed by atoms with Crippen LogP contribution in [0.25, 0.3) is 0 Å². The van der Waals surface area contributed by atoms with Crippen LogP contribution in [0, 0.1) is 5.82 Å². The third kappa shape index (κ3) is 2.99. The fourth-order valence-electron chi connectivity index (χ4n) is 4.07. The van der Waals surface area contributed by atoms with Crippen LogP contribution in [0.2, 0.25) is 0 Å². The number of anilines is 1. The predicted molar refractivity (Wildman–Crippen MR) is 97.7 cm³/mol. The molecule has 7 heteroatoms. The van der Waals surface area contributed by atoms with E-state index in [0.29, 0.717) is 6.61 Å². The van der Waals surface area contributed by atoms with E-state index in [4.69, 9.17) is 4.74 Å². The van der Waals surface area contributed by atoms with Gasteiger partial charge >= 0.3 is 0 Å². The standard InChI is InChI=1S/C19H26FN5O/c1-4-24-9-10-26-17(12-24)18-21-22-19(23(18)3)25-8-7-14-5-6-15(20)11-16(14)13(25)2/h5-6,11,13,17H,4,7-10,12H2,1-3H3. The Morgan fingerprint density at radius 1 is 1.27 bits per heavy atom. The van der Waals surface area contributed by atoms with Crippen molar-refractivity contribution in [3.63, 3.8) is 0 Å². The molecule has 26 heavy (non-hydrogen) atoms. The summed E-state index contributed by atoms with van der Waals surface area (Å²) in [5.74, 6) is 1.49. The molecule has 2 aliphatic rings. The van der Waals surface area contributed by atoms with E-state index in [-0.39, 0.29) is 18.0 Å². The summed E-state index contributed by atoms with van der Waals surface area (Å²) in [7, 11) is 1.99. The van der Waals surface area contributed by atoms with Gasteiger partial charge in [0.05, 0.1) is 12.6 Å². The van der Waals surface area contributed by atoms with Gasteiger partial charge < -0.3 is 9.64 Å². The highest BCUT2D eigenvalue weighted by Gasteiger charge is 2.31. The Kier molecular flexibility index (Phi) is 4.67. The Labute approximate surface area is 153 Å². The lowest BCUT2D eigenvalue weighted by molar-refractivity contribution is -0.0339. The number of ether oxygens (including phenoxy) is 1. The Morgan fingerprint density at radius 3 is 2.92 bits per heavy atom. The minimum Gasteiger partial charge on any atom is -0.368 e. The first-order valence-electron chi connectivity index (χ1n) is 9.36. The van der Waals surface area contributed by atoms with Crippen molar-refractivity contribution in [1.82, 2.24) is 19.7 Å². The molecule has 2 aromatic rings. The SMILES string of the molecule is CCN1CCOC(c2nnc(N3CCc4ccc(F)cc4C3C)n2C)C1. The van der Waals surface area contributed by atoms with Crippen molar-refractivity contribution in [2.45, 2.75) is 32.4 Å². The predicted octanol–water partition coefficient (Wildman–Crippen LogP) is 2.47. The maximum absolute atomic E-state index is 13.7. The number of morpholine rings is 1. The molecule has 1 fully saturated rings. The van der Waals surface area contributed by atoms with Crippen molar-refractivity contribution >= 4 is 5.95 Å². The molecule has 0 N–H and O–H groups in total. The van der Waals surface area contributed by atoms with Crippen molar-refractivity contribution in [3.8, 4) is 0 Å². The van der Waals surface area contributed by atoms with E-state index in [0.717, 1.165) is 49.9 Å². The molecule has 0 aliphatic carbocycles. The number of likely N-dealkylation sites (N-methyl/N-ethyl adjacent to an activating group) is 1. The summed E-state index contributed by atoms with van der Waals surface area (Å²) in [4.78, 5) is 4.57. The van der Waals surface area contributed by atoms with Crippen LogP contribution < -0.4 is 4.90 Å². The maximum atomic E-state index is 13.7. The average molecular weight is 359 g/mol. The molecule has 4 rings (SSSR count). The monoisotopic (exact) mass is 359 g/mol. The number of fused-ring (bicyclic) bond motifs is 1. The maximum Gasteiger partial charge on any atom is 0.227 e. The molecular weight excluding hydrogens is 333 g/mol. The number of nitrogens with zero attached hydrogens (tertiary/aromatic N) is 5. The first-order valence-corrected chi connectivity index (χ1v) is 9.36. The number of benzene rings is 1. The highest BCUT2D eigenvalue weighted by atomic mass is 19.1. The fraction of sp³-hybridized carbons (Fsp3) is 0.579. The Balaban J connectivity index is 1.60. The summed E-state index contributed by atoms with van der Waals surface area (Å²) < 4.78 is 21.7. The summed E-state index contributed by atoms with van der Waals surface area (Å²) in [5, 5.41) is 8.89. The first-order chi connectivity index (χ1) is 12.6. The van der Waals surface area contributed by atoms with Crippen LogP contribution in [-0.2, 0) is 18.2 Å². The normalized spacial score (nSPS) is 23.9. The van der Waals surface area contributed by atoms with Gasteiger partial charge in [0.1, 0.15) is 11.9 Å². The van der Waals surface area contributed by atoms with Gasteiger partial charge in [-0.1, -0.05) is 13.0 Å². The second-order valence-electron chi connectivity index (χ2n) is 7.13. The van der Waals surface area contributed by atoms with Gasteiger partial charge in [0.25, 0.3) is 0 Å². The highest BCUT2D eigenvalue weighted by molar-refractivity contribution is 5.44. The summed E-state index contributed by atoms with van der Waals surface area (Å²) in [6.07, 6.45) is 0.825. The van der Waals surface area contributed by atoms with E-state index in [9.17, 15) is 4.39 Å². The van der Waals surface area contributed by atoms with Crippen molar-refractivity contribution in [3.05, 3.63) is 41.0 Å². The number of aromatic nitrogens is 3. The lowest BCUT2D eigenvalue weighted by atomic mass is 9.94. The largest absolute Gasteiger partial charge is 0.368 e. The molecule has 0 bridgehead atoms. The van der Waals surface area contributed by atoms with Gasteiger partial charge in [0.15, 0.2) is 5.82 Å². The van der Waals surface area contributed by atoms with Crippen LogP contribution in [0.4, 0.5) is 10.3 Å². The van der Waals surface area contributed by atoms with Gasteiger partial charge in [-0.2, -0.15) is 0 Å². The lowest BCUT2D eigenvalue weighted by Crippen LogP contribution is -2.39. The van der Waals surface area contributed by atoms with E-state index < -0.39 is 0 Å². The minimum absolute atomic E-state index is 0.0558. The molecule has 2 aliphatic heterocycles. The number of rotatable bonds is 3. The van der Waals surface area contributed by atoms with E-state index >= 15 is 0 Å². The van der Waals surface area contributed by atoms with E-state index in [2.05, 4.69) is 33.8 Å². The molecule has 3 heterocycles. The molecule has 0 saturated carbocycles. The van der Waals surface area contributed by atoms with E-state index in [1.165, 1.54) is 5.56 Å². The molecule has 6 nitrogen and oxygen atoms in total. The zero-order valence-corrected chi connectivity index (χ0v) is 15.7. The summed E-state index contributed by atoms with van der Waals surface area (Å²) in [6.45, 7) is 8.63. The van der Waals surface area contributed by atoms with E-state index in [1.807, 2.05) is 17.7 Å². The minimum atomic E-state index is -0.189. The van der Waals surface area contributed by atoms with Crippen LogP contribution in [0.5, 0.6) is 0 Å². The molecule has 140 valence electrons. The zero-order valence-electron chi connectivity index (χ0n) is 15.7. The van der Waals surface area contributed by atoms with Crippen molar-refractivity contribution < 1.29 is 9.13 Å². The second-order valence-corrected chi connectivity index (χ2v) is 7.13. The van der Waals surface area contributed by atoms with Crippen molar-refractivity contribution in [1.29, 1.82) is 0 Å². The molecule has 2 atom stereocenters. The van der Waals surface area contributed by atoms with E-state index in [1.54, 1.807) is 12.1 Å². The molecule has 2 unspecified atom stereocenters. The van der Waals surface area contributed by atoms with Crippen LogP contribution in [-0.4, -0.2) is 52.5 Å². The van der Waals surface area contributed by atoms with Crippen LogP contribution in [0.15, 0.2) is 18.2 Å². The van der Waals surface area contributed by atoms with Crippen LogP contribution in [0.3, 0.4) is 0 Å². The number of hydrogen-bond acceptors (Lipinski definition) is 5. The number of halogens is 1. The average Bonchev–Trinajstić information content (AvgIpc) is 3.04. The van der Waals surface area contributed by atoms with Gasteiger partial charge in [0, 0.05) is 26.7 Å². The summed E-state index contributed by atoms with van der Waals surface area (Å²) >= 11 is 0. The highest BCUT2D eigenvalue weighted by Crippen LogP contribution is 2.34. The van der Waals surface area contributed by atoms with Crippen molar-refractivity contribution in [2.24, 2.45) is 7.05 Å². The quantitative estimate of drug-likeness (QED) is 0.843. The summed E-state index contributed by atoms with van der Waals surface area (Å²) in [6, 6.07) is 5.15. The second kappa shape index (κ2) is 6.96. The van der Waals surface area contributed by atoms with Crippen LogP contribution >= 0.6 is 0 Å². The van der Waals surface area contributed by atoms with Gasteiger partial charge in [-0.25, -0.2) is 4.39 Å². The third-order valence-electron chi connectivity index (χ3n) is 5.68. The zero-order chi connectivity index (χ0) is 18.3. The fourth-order valence-corrected chi connectivity index (χ4v) is 4.07. The molecule has 0 spiro atoms. The molecule has 1 aromatic heterocycles. The Morgan fingerprint density at radius 2 is 2.12 bits per heavy atom. The molecule has 0 radical (unpaired) electrons. The van der Waals surface area contributed by atoms with Gasteiger partial charge in [-0.3, -0.25) is 9.47 Å². The molecule has 1 saturated heterocycles. The summed E-state index contributed by atoms with van der Waals surface area (Å²) in [5.41, 5.74) is 2.25. The number of hydrogen-bond donors (Lipinski definition) is 0. The van der Waals surface area contributed by atoms with Gasteiger partial charge in [0.2, 0.25) is 5.95 Å². The van der Waals surface area contributed by atoms with Crippen molar-refractivity contribution in [2.75, 3.05) is 37.7 Å². The lowest BCUT2D eigenvalue weighted by Gasteiger charge is -2.36. The smallest absolute Gasteiger partial charge is 0.227 e.